The molecule has 31 heavy (non-hydrogen) atoms. The molecule has 162 valence electrons. The number of anilines is 1. The van der Waals surface area contributed by atoms with Gasteiger partial charge in [-0.15, -0.1) is 0 Å². The van der Waals surface area contributed by atoms with E-state index < -0.39 is 35.6 Å². The average Bonchev–Trinajstić information content (AvgIpc) is 3.24. The molecule has 1 aliphatic carbocycles. The lowest BCUT2D eigenvalue weighted by Gasteiger charge is -2.44. The van der Waals surface area contributed by atoms with Gasteiger partial charge in [-0.3, -0.25) is 14.5 Å². The SMILES string of the molecule is COC[C@H]1C[C@@H]2C(=O)N(c3ccccc3)C(=O)[C@@H]2[C@@H]2C[C@@H](c3cccc(O)c3)O[C@]12O. The first-order valence-electron chi connectivity index (χ1n) is 10.5. The Morgan fingerprint density at radius 2 is 1.87 bits per heavy atom. The smallest absolute Gasteiger partial charge is 0.238 e. The average molecular weight is 423 g/mol. The van der Waals surface area contributed by atoms with Gasteiger partial charge in [-0.2, -0.15) is 0 Å². The fraction of sp³-hybridized carbons (Fsp3) is 0.417. The maximum Gasteiger partial charge on any atom is 0.238 e. The number of nitrogens with zero attached hydrogens (tertiary/aromatic N) is 1. The highest BCUT2D eigenvalue weighted by Crippen LogP contribution is 2.58. The second-order valence-electron chi connectivity index (χ2n) is 8.66. The number of ether oxygens (including phenoxy) is 2. The summed E-state index contributed by atoms with van der Waals surface area (Å²) in [6.07, 6.45) is 0.198. The van der Waals surface area contributed by atoms with E-state index in [0.717, 1.165) is 5.56 Å². The number of para-hydroxylation sites is 1. The lowest BCUT2D eigenvalue weighted by atomic mass is 9.64. The van der Waals surface area contributed by atoms with E-state index in [1.165, 1.54) is 4.90 Å². The van der Waals surface area contributed by atoms with Crippen LogP contribution in [0.4, 0.5) is 5.69 Å². The molecule has 2 aliphatic heterocycles. The highest BCUT2D eigenvalue weighted by molar-refractivity contribution is 6.22. The first-order chi connectivity index (χ1) is 14.9. The summed E-state index contributed by atoms with van der Waals surface area (Å²) < 4.78 is 11.5. The van der Waals surface area contributed by atoms with E-state index in [9.17, 15) is 19.8 Å². The van der Waals surface area contributed by atoms with E-state index in [0.29, 0.717) is 18.5 Å². The number of hydrogen-bond acceptors (Lipinski definition) is 6. The van der Waals surface area contributed by atoms with E-state index in [2.05, 4.69) is 0 Å². The Labute approximate surface area is 180 Å². The molecule has 0 aromatic heterocycles. The van der Waals surface area contributed by atoms with Crippen LogP contribution in [0.2, 0.25) is 0 Å². The molecule has 2 N–H and O–H groups in total. The van der Waals surface area contributed by atoms with Gasteiger partial charge in [0.15, 0.2) is 5.79 Å². The monoisotopic (exact) mass is 423 g/mol. The first kappa shape index (κ1) is 20.2. The van der Waals surface area contributed by atoms with Gasteiger partial charge in [0.25, 0.3) is 0 Å². The van der Waals surface area contributed by atoms with Crippen molar-refractivity contribution in [1.29, 1.82) is 0 Å². The molecule has 2 heterocycles. The van der Waals surface area contributed by atoms with Crippen LogP contribution >= 0.6 is 0 Å². The Bertz CT molecular complexity index is 1010. The molecule has 2 aromatic rings. The number of methoxy groups -OCH3 is 1. The van der Waals surface area contributed by atoms with E-state index in [1.807, 2.05) is 12.1 Å². The molecule has 0 unspecified atom stereocenters. The van der Waals surface area contributed by atoms with Gasteiger partial charge in [-0.1, -0.05) is 30.3 Å². The summed E-state index contributed by atoms with van der Waals surface area (Å²) >= 11 is 0. The minimum Gasteiger partial charge on any atom is -0.508 e. The molecular weight excluding hydrogens is 398 g/mol. The van der Waals surface area contributed by atoms with Gasteiger partial charge in [0, 0.05) is 18.9 Å². The van der Waals surface area contributed by atoms with Gasteiger partial charge in [0.05, 0.1) is 30.2 Å². The van der Waals surface area contributed by atoms with Crippen LogP contribution in [0.15, 0.2) is 54.6 Å². The number of carbonyl (C=O) groups is 2. The number of rotatable bonds is 4. The number of aliphatic hydroxyl groups is 1. The lowest BCUT2D eigenvalue weighted by Crippen LogP contribution is -2.54. The Morgan fingerprint density at radius 1 is 1.10 bits per heavy atom. The van der Waals surface area contributed by atoms with Gasteiger partial charge in [-0.05, 0) is 42.7 Å². The fourth-order valence-electron chi connectivity index (χ4n) is 5.64. The van der Waals surface area contributed by atoms with Crippen molar-refractivity contribution in [3.8, 4) is 5.75 Å². The Hall–Kier alpha value is -2.74. The van der Waals surface area contributed by atoms with Crippen LogP contribution < -0.4 is 4.90 Å². The van der Waals surface area contributed by atoms with Crippen molar-refractivity contribution in [2.45, 2.75) is 24.7 Å². The van der Waals surface area contributed by atoms with Crippen molar-refractivity contribution >= 4 is 17.5 Å². The maximum atomic E-state index is 13.5. The third kappa shape index (κ3) is 3.07. The number of amides is 2. The number of hydrogen-bond donors (Lipinski definition) is 2. The van der Waals surface area contributed by atoms with E-state index >= 15 is 0 Å². The second-order valence-corrected chi connectivity index (χ2v) is 8.66. The minimum atomic E-state index is -1.59. The molecule has 5 rings (SSSR count). The van der Waals surface area contributed by atoms with Gasteiger partial charge >= 0.3 is 0 Å². The molecule has 2 amide bonds. The van der Waals surface area contributed by atoms with Gasteiger partial charge < -0.3 is 19.7 Å². The predicted molar refractivity (Wildman–Crippen MR) is 111 cm³/mol. The van der Waals surface area contributed by atoms with Crippen LogP contribution in [0, 0.1) is 23.7 Å². The predicted octanol–water partition coefficient (Wildman–Crippen LogP) is 2.63. The molecule has 3 fully saturated rings. The zero-order chi connectivity index (χ0) is 21.8. The van der Waals surface area contributed by atoms with E-state index in [4.69, 9.17) is 9.47 Å². The van der Waals surface area contributed by atoms with Crippen molar-refractivity contribution in [3.05, 3.63) is 60.2 Å². The summed E-state index contributed by atoms with van der Waals surface area (Å²) in [4.78, 5) is 28.0. The van der Waals surface area contributed by atoms with Crippen LogP contribution in [0.1, 0.15) is 24.5 Å². The van der Waals surface area contributed by atoms with Gasteiger partial charge in [0.1, 0.15) is 5.75 Å². The van der Waals surface area contributed by atoms with Crippen LogP contribution in [-0.2, 0) is 19.1 Å². The summed E-state index contributed by atoms with van der Waals surface area (Å²) in [5, 5.41) is 21.5. The molecule has 0 radical (unpaired) electrons. The van der Waals surface area contributed by atoms with E-state index in [1.54, 1.807) is 49.6 Å². The molecule has 2 aromatic carbocycles. The number of carbonyl (C=O) groups excluding carboxylic acids is 2. The summed E-state index contributed by atoms with van der Waals surface area (Å²) in [5.41, 5.74) is 1.27. The summed E-state index contributed by atoms with van der Waals surface area (Å²) in [5.74, 6) is -4.18. The Balaban J connectivity index is 1.53. The zero-order valence-corrected chi connectivity index (χ0v) is 17.2. The van der Waals surface area contributed by atoms with Gasteiger partial charge in [-0.25, -0.2) is 0 Å². The number of benzene rings is 2. The topological polar surface area (TPSA) is 96.3 Å². The fourth-order valence-corrected chi connectivity index (χ4v) is 5.64. The molecular formula is C24H25NO6. The Morgan fingerprint density at radius 3 is 2.58 bits per heavy atom. The third-order valence-corrected chi connectivity index (χ3v) is 6.99. The van der Waals surface area contributed by atoms with Crippen molar-refractivity contribution < 1.29 is 29.3 Å². The number of phenolic OH excluding ortho intramolecular Hbond substituents is 1. The summed E-state index contributed by atoms with van der Waals surface area (Å²) in [6, 6.07) is 15.6. The molecule has 6 atom stereocenters. The Kier molecular flexibility index (Phi) is 4.84. The largest absolute Gasteiger partial charge is 0.508 e. The van der Waals surface area contributed by atoms with Crippen molar-refractivity contribution in [2.24, 2.45) is 23.7 Å². The summed E-state index contributed by atoms with van der Waals surface area (Å²) in [6.45, 7) is 0.218. The molecule has 1 saturated carbocycles. The lowest BCUT2D eigenvalue weighted by molar-refractivity contribution is -0.275. The van der Waals surface area contributed by atoms with Gasteiger partial charge in [0.2, 0.25) is 11.8 Å². The normalized spacial score (nSPS) is 34.6. The molecule has 7 heteroatoms. The number of aromatic hydroxyl groups is 1. The maximum absolute atomic E-state index is 13.5. The molecule has 7 nitrogen and oxygen atoms in total. The standard InChI is InChI=1S/C24H25NO6/c1-30-13-15-11-18-21(23(28)25(22(18)27)16-7-3-2-4-8-16)19-12-20(31-24(15,19)29)14-6-5-9-17(26)10-14/h2-10,15,18-21,26,29H,11-13H2,1H3/t15-,18+,19+,20+,21+,24-/m1/s1. The van der Waals surface area contributed by atoms with Crippen LogP contribution in [0.3, 0.4) is 0 Å². The van der Waals surface area contributed by atoms with Crippen molar-refractivity contribution in [1.82, 2.24) is 0 Å². The first-order valence-corrected chi connectivity index (χ1v) is 10.5. The number of phenols is 1. The van der Waals surface area contributed by atoms with E-state index in [-0.39, 0.29) is 24.2 Å². The number of imide groups is 1. The minimum absolute atomic E-state index is 0.108. The van der Waals surface area contributed by atoms with Crippen molar-refractivity contribution in [3.63, 3.8) is 0 Å². The third-order valence-electron chi connectivity index (χ3n) is 6.99. The number of fused-ring (bicyclic) bond motifs is 3. The van der Waals surface area contributed by atoms with Crippen LogP contribution in [0.25, 0.3) is 0 Å². The molecule has 2 saturated heterocycles. The quantitative estimate of drug-likeness (QED) is 0.734. The summed E-state index contributed by atoms with van der Waals surface area (Å²) in [7, 11) is 1.55. The highest BCUT2D eigenvalue weighted by atomic mass is 16.6. The van der Waals surface area contributed by atoms with Crippen molar-refractivity contribution in [2.75, 3.05) is 18.6 Å². The molecule has 0 spiro atoms. The molecule has 3 aliphatic rings. The highest BCUT2D eigenvalue weighted by Gasteiger charge is 2.66. The molecule has 0 bridgehead atoms. The van der Waals surface area contributed by atoms with Crippen LogP contribution in [-0.4, -0.2) is 41.5 Å². The second kappa shape index (κ2) is 7.44. The van der Waals surface area contributed by atoms with Crippen LogP contribution in [0.5, 0.6) is 5.75 Å². The zero-order valence-electron chi connectivity index (χ0n) is 17.2.